The molecule has 0 saturated heterocycles. The third-order valence-corrected chi connectivity index (χ3v) is 3.84. The van der Waals surface area contributed by atoms with Gasteiger partial charge in [-0.15, -0.1) is 0 Å². The van der Waals surface area contributed by atoms with Crippen LogP contribution in [0.3, 0.4) is 0 Å². The van der Waals surface area contributed by atoms with Crippen LogP contribution >= 0.6 is 0 Å². The second kappa shape index (κ2) is 7.77. The number of hydroxylamine groups is 2. The van der Waals surface area contributed by atoms with E-state index in [1.807, 2.05) is 13.8 Å². The van der Waals surface area contributed by atoms with E-state index in [1.54, 1.807) is 32.9 Å². The highest BCUT2D eigenvalue weighted by molar-refractivity contribution is 6.20. The molecule has 3 amide bonds. The fourth-order valence-corrected chi connectivity index (χ4v) is 2.48. The molecule has 0 unspecified atom stereocenters. The second-order valence-electron chi connectivity index (χ2n) is 7.61. The van der Waals surface area contributed by atoms with Crippen LogP contribution in [0, 0.1) is 5.92 Å². The van der Waals surface area contributed by atoms with Crippen molar-refractivity contribution in [3.63, 3.8) is 0 Å². The Morgan fingerprint density at radius 3 is 2.04 bits per heavy atom. The topological polar surface area (TPSA) is 102 Å². The maximum absolute atomic E-state index is 12.3. The summed E-state index contributed by atoms with van der Waals surface area (Å²) in [5.41, 5.74) is -0.308. The highest BCUT2D eigenvalue weighted by Crippen LogP contribution is 2.23. The number of carbonyl (C=O) groups excluding carboxylic acids is 4. The molecule has 0 aliphatic carbocycles. The van der Waals surface area contributed by atoms with Crippen molar-refractivity contribution in [2.24, 2.45) is 5.92 Å². The molecule has 1 N–H and O–H groups in total. The first-order chi connectivity index (χ1) is 12.5. The van der Waals surface area contributed by atoms with Gasteiger partial charge in [0.1, 0.15) is 5.60 Å². The molecule has 2 rings (SSSR count). The number of ether oxygens (including phenoxy) is 1. The lowest BCUT2D eigenvalue weighted by molar-refractivity contribution is -0.169. The van der Waals surface area contributed by atoms with Crippen LogP contribution in [-0.2, 0) is 14.4 Å². The normalized spacial score (nSPS) is 14.8. The molecule has 8 heteroatoms. The second-order valence-corrected chi connectivity index (χ2v) is 7.61. The first-order valence-electron chi connectivity index (χ1n) is 8.67. The number of amides is 3. The molecule has 27 heavy (non-hydrogen) atoms. The minimum Gasteiger partial charge on any atom is -0.444 e. The van der Waals surface area contributed by atoms with Gasteiger partial charge in [0.05, 0.1) is 17.5 Å². The molecule has 8 nitrogen and oxygen atoms in total. The van der Waals surface area contributed by atoms with Gasteiger partial charge in [-0.25, -0.2) is 9.59 Å². The van der Waals surface area contributed by atoms with Gasteiger partial charge in [-0.05, 0) is 38.8 Å². The van der Waals surface area contributed by atoms with E-state index < -0.39 is 35.5 Å². The lowest BCUT2D eigenvalue weighted by Gasteiger charge is -2.25. The number of carbonyl (C=O) groups is 4. The number of hydrogen-bond donors (Lipinski definition) is 1. The van der Waals surface area contributed by atoms with E-state index in [4.69, 9.17) is 9.57 Å². The van der Waals surface area contributed by atoms with Crippen LogP contribution in [0.2, 0.25) is 0 Å². The zero-order valence-electron chi connectivity index (χ0n) is 16.1. The molecular weight excluding hydrogens is 352 g/mol. The molecule has 0 bridgehead atoms. The van der Waals surface area contributed by atoms with Crippen molar-refractivity contribution in [1.82, 2.24) is 10.4 Å². The summed E-state index contributed by atoms with van der Waals surface area (Å²) in [5, 5.41) is 3.07. The van der Waals surface area contributed by atoms with E-state index in [-0.39, 0.29) is 23.5 Å². The number of benzene rings is 1. The average molecular weight is 376 g/mol. The summed E-state index contributed by atoms with van der Waals surface area (Å²) in [5.74, 6) is -2.29. The van der Waals surface area contributed by atoms with E-state index in [1.165, 1.54) is 12.1 Å². The number of alkyl carbamates (subject to hydrolysis) is 1. The summed E-state index contributed by atoms with van der Waals surface area (Å²) in [6.45, 7) is 8.82. The predicted molar refractivity (Wildman–Crippen MR) is 95.6 cm³/mol. The molecule has 0 fully saturated rings. The first kappa shape index (κ1) is 20.4. The summed E-state index contributed by atoms with van der Waals surface area (Å²) in [7, 11) is 0. The number of rotatable bonds is 5. The maximum atomic E-state index is 12.3. The van der Waals surface area contributed by atoms with Crippen molar-refractivity contribution in [3.8, 4) is 0 Å². The number of hydrogen-bond acceptors (Lipinski definition) is 6. The summed E-state index contributed by atoms with van der Waals surface area (Å²) in [4.78, 5) is 53.7. The Labute approximate surface area is 157 Å². The third kappa shape index (κ3) is 5.06. The molecule has 0 spiro atoms. The fourth-order valence-electron chi connectivity index (χ4n) is 2.48. The minimum absolute atomic E-state index is 0.104. The first-order valence-corrected chi connectivity index (χ1v) is 8.67. The van der Waals surface area contributed by atoms with Gasteiger partial charge in [0, 0.05) is 6.04 Å². The van der Waals surface area contributed by atoms with Gasteiger partial charge >= 0.3 is 12.1 Å². The highest BCUT2D eigenvalue weighted by Gasteiger charge is 2.39. The van der Waals surface area contributed by atoms with Gasteiger partial charge in [-0.3, -0.25) is 9.59 Å². The Bertz CT molecular complexity index is 731. The molecule has 1 aliphatic rings. The van der Waals surface area contributed by atoms with Crippen molar-refractivity contribution >= 4 is 23.9 Å². The molecule has 1 aliphatic heterocycles. The van der Waals surface area contributed by atoms with Crippen LogP contribution in [0.1, 0.15) is 61.8 Å². The van der Waals surface area contributed by atoms with Crippen molar-refractivity contribution in [2.45, 2.75) is 52.7 Å². The Morgan fingerprint density at radius 1 is 1.07 bits per heavy atom. The molecule has 146 valence electrons. The van der Waals surface area contributed by atoms with Crippen molar-refractivity contribution < 1.29 is 28.8 Å². The number of nitrogens with one attached hydrogen (secondary N) is 1. The average Bonchev–Trinajstić information content (AvgIpc) is 2.78. The third-order valence-electron chi connectivity index (χ3n) is 3.84. The van der Waals surface area contributed by atoms with E-state index in [9.17, 15) is 19.2 Å². The van der Waals surface area contributed by atoms with Crippen molar-refractivity contribution in [3.05, 3.63) is 35.4 Å². The zero-order chi connectivity index (χ0) is 20.4. The molecule has 1 atom stereocenters. The van der Waals surface area contributed by atoms with Crippen LogP contribution < -0.4 is 5.32 Å². The van der Waals surface area contributed by atoms with Gasteiger partial charge < -0.3 is 14.9 Å². The Kier molecular flexibility index (Phi) is 5.88. The minimum atomic E-state index is -0.806. The smallest absolute Gasteiger partial charge is 0.407 e. The SMILES string of the molecule is CC(C)[C@H](CC(=O)ON1C(=O)c2ccccc2C1=O)NC(=O)OC(C)(C)C. The molecule has 0 aromatic heterocycles. The van der Waals surface area contributed by atoms with Crippen LogP contribution in [0.15, 0.2) is 24.3 Å². The largest absolute Gasteiger partial charge is 0.444 e. The van der Waals surface area contributed by atoms with Crippen LogP contribution in [0.5, 0.6) is 0 Å². The highest BCUT2D eigenvalue weighted by atomic mass is 16.7. The molecule has 0 saturated carbocycles. The van der Waals surface area contributed by atoms with Crippen LogP contribution in [0.4, 0.5) is 4.79 Å². The van der Waals surface area contributed by atoms with E-state index in [2.05, 4.69) is 5.32 Å². The van der Waals surface area contributed by atoms with Crippen LogP contribution in [-0.4, -0.2) is 40.6 Å². The molecular formula is C19H24N2O6. The summed E-state index contributed by atoms with van der Waals surface area (Å²) >= 11 is 0. The predicted octanol–water partition coefficient (Wildman–Crippen LogP) is 2.68. The Balaban J connectivity index is 2.00. The number of imide groups is 1. The molecule has 1 heterocycles. The van der Waals surface area contributed by atoms with E-state index in [0.717, 1.165) is 0 Å². The van der Waals surface area contributed by atoms with Crippen molar-refractivity contribution in [1.29, 1.82) is 0 Å². The van der Waals surface area contributed by atoms with E-state index >= 15 is 0 Å². The molecule has 1 aromatic rings. The fraction of sp³-hybridized carbons (Fsp3) is 0.474. The van der Waals surface area contributed by atoms with Gasteiger partial charge in [0.25, 0.3) is 11.8 Å². The van der Waals surface area contributed by atoms with Crippen molar-refractivity contribution in [2.75, 3.05) is 0 Å². The van der Waals surface area contributed by atoms with Gasteiger partial charge in [-0.1, -0.05) is 31.0 Å². The molecule has 0 radical (unpaired) electrons. The monoisotopic (exact) mass is 376 g/mol. The summed E-state index contributed by atoms with van der Waals surface area (Å²) in [6, 6.07) is 5.64. The molecule has 1 aromatic carbocycles. The van der Waals surface area contributed by atoms with Crippen LogP contribution in [0.25, 0.3) is 0 Å². The lowest BCUT2D eigenvalue weighted by Crippen LogP contribution is -2.44. The van der Waals surface area contributed by atoms with Gasteiger partial charge in [0.15, 0.2) is 0 Å². The van der Waals surface area contributed by atoms with Gasteiger partial charge in [-0.2, -0.15) is 0 Å². The number of fused-ring (bicyclic) bond motifs is 1. The quantitative estimate of drug-likeness (QED) is 0.793. The Hall–Kier alpha value is -2.90. The number of nitrogens with zero attached hydrogens (tertiary/aromatic N) is 1. The summed E-state index contributed by atoms with van der Waals surface area (Å²) in [6.07, 6.45) is -0.876. The van der Waals surface area contributed by atoms with Gasteiger partial charge in [0.2, 0.25) is 0 Å². The van der Waals surface area contributed by atoms with E-state index in [0.29, 0.717) is 5.06 Å². The Morgan fingerprint density at radius 2 is 1.59 bits per heavy atom. The standard InChI is InChI=1S/C19H24N2O6/c1-11(2)14(20-18(25)26-19(3,4)5)10-15(22)27-21-16(23)12-8-6-7-9-13(12)17(21)24/h6-9,11,14H,10H2,1-5H3,(H,20,25)/t14-/m0/s1. The maximum Gasteiger partial charge on any atom is 0.407 e. The lowest BCUT2D eigenvalue weighted by atomic mass is 10.0. The summed E-state index contributed by atoms with van der Waals surface area (Å²) < 4.78 is 5.19. The zero-order valence-corrected chi connectivity index (χ0v) is 16.1.